The summed E-state index contributed by atoms with van der Waals surface area (Å²) in [6, 6.07) is 1.90. The Hall–Kier alpha value is -2.06. The highest BCUT2D eigenvalue weighted by Gasteiger charge is 2.51. The van der Waals surface area contributed by atoms with Crippen LogP contribution in [0.3, 0.4) is 0 Å². The van der Waals surface area contributed by atoms with Crippen molar-refractivity contribution in [1.82, 2.24) is 14.8 Å². The summed E-state index contributed by atoms with van der Waals surface area (Å²) in [7, 11) is 0. The number of nitrogens with zero attached hydrogens (tertiary/aromatic N) is 3. The number of nitrogen functional groups attached to an aromatic ring is 1. The smallest absolute Gasteiger partial charge is 0.204 e. The molecule has 2 aromatic rings. The first kappa shape index (κ1) is 19.7. The molecule has 2 aromatic heterocycles. The zero-order chi connectivity index (χ0) is 19.4. The number of carbonyl (C=O) groups excluding carboxylic acids is 1. The van der Waals surface area contributed by atoms with Crippen LogP contribution in [0.25, 0.3) is 0 Å². The number of amides is 1. The van der Waals surface area contributed by atoms with E-state index in [1.54, 1.807) is 0 Å². The van der Waals surface area contributed by atoms with E-state index in [2.05, 4.69) is 10.8 Å². The fraction of sp³-hybridized carbons (Fsp3) is 0.526. The van der Waals surface area contributed by atoms with Crippen molar-refractivity contribution in [2.45, 2.75) is 68.9 Å². The standard InChI is InChI=1S/C13H16N2.C5H9N3S.CH3NO/c14-11-8-2-1-3-10(8)15-12-9(11)4-5-13(12)6-7-13;1-2-8-4-3-5(7-8)9-6;2-1-3/h1-7H2,(H2,14,15);3-4H,2,6H2,1H3;1H,(H2,2,3). The summed E-state index contributed by atoms with van der Waals surface area (Å²) in [5, 5.41) is 10.2. The van der Waals surface area contributed by atoms with Gasteiger partial charge in [0.05, 0.1) is 5.69 Å². The molecule has 0 bridgehead atoms. The molecule has 8 heteroatoms. The third-order valence-corrected chi connectivity index (χ3v) is 6.10. The molecule has 5 rings (SSSR count). The van der Waals surface area contributed by atoms with E-state index in [4.69, 9.17) is 20.7 Å². The van der Waals surface area contributed by atoms with E-state index < -0.39 is 0 Å². The van der Waals surface area contributed by atoms with Crippen LogP contribution in [0, 0.1) is 0 Å². The van der Waals surface area contributed by atoms with Gasteiger partial charge in [0.15, 0.2) is 0 Å². The summed E-state index contributed by atoms with van der Waals surface area (Å²) < 4.78 is 1.84. The second kappa shape index (κ2) is 8.31. The molecule has 1 fully saturated rings. The molecular formula is C19H28N6OS. The van der Waals surface area contributed by atoms with Crippen LogP contribution in [-0.2, 0) is 36.0 Å². The Bertz CT molecular complexity index is 796. The van der Waals surface area contributed by atoms with Crippen LogP contribution < -0.4 is 16.6 Å². The highest BCUT2D eigenvalue weighted by atomic mass is 32.2. The first-order valence-electron chi connectivity index (χ1n) is 9.44. The summed E-state index contributed by atoms with van der Waals surface area (Å²) in [6.07, 6.45) is 10.9. The van der Waals surface area contributed by atoms with Gasteiger partial charge < -0.3 is 11.5 Å². The Kier molecular flexibility index (Phi) is 6.06. The first-order chi connectivity index (χ1) is 13.1. The van der Waals surface area contributed by atoms with E-state index in [0.717, 1.165) is 30.1 Å². The average Bonchev–Trinajstić information content (AvgIpc) is 3.05. The van der Waals surface area contributed by atoms with Gasteiger partial charge in [-0.25, -0.2) is 0 Å². The fourth-order valence-corrected chi connectivity index (χ4v) is 4.34. The van der Waals surface area contributed by atoms with E-state index >= 15 is 0 Å². The van der Waals surface area contributed by atoms with E-state index in [1.165, 1.54) is 66.6 Å². The number of carbonyl (C=O) groups is 1. The minimum absolute atomic E-state index is 0.250. The Balaban J connectivity index is 0.000000151. The molecule has 3 aliphatic carbocycles. The number of pyridine rings is 1. The number of nitrogens with two attached hydrogens (primary N) is 3. The molecule has 0 radical (unpaired) electrons. The number of fused-ring (bicyclic) bond motifs is 3. The molecule has 1 amide bonds. The second-order valence-electron chi connectivity index (χ2n) is 7.18. The van der Waals surface area contributed by atoms with E-state index in [-0.39, 0.29) is 6.41 Å². The Morgan fingerprint density at radius 1 is 1.26 bits per heavy atom. The molecule has 146 valence electrons. The number of primary amides is 1. The van der Waals surface area contributed by atoms with Crippen molar-refractivity contribution in [2.75, 3.05) is 5.73 Å². The monoisotopic (exact) mass is 388 g/mol. The van der Waals surface area contributed by atoms with Crippen molar-refractivity contribution >= 4 is 24.0 Å². The van der Waals surface area contributed by atoms with Crippen molar-refractivity contribution in [1.29, 1.82) is 0 Å². The summed E-state index contributed by atoms with van der Waals surface area (Å²) in [6.45, 7) is 2.94. The molecule has 2 heterocycles. The molecule has 7 nitrogen and oxygen atoms in total. The van der Waals surface area contributed by atoms with E-state index in [1.807, 2.05) is 23.9 Å². The van der Waals surface area contributed by atoms with Crippen LogP contribution in [0.1, 0.15) is 55.1 Å². The van der Waals surface area contributed by atoms with Crippen LogP contribution >= 0.6 is 11.9 Å². The van der Waals surface area contributed by atoms with Gasteiger partial charge in [0.25, 0.3) is 0 Å². The van der Waals surface area contributed by atoms with Crippen LogP contribution in [-0.4, -0.2) is 21.2 Å². The van der Waals surface area contributed by atoms with Gasteiger partial charge in [-0.15, -0.1) is 0 Å². The lowest BCUT2D eigenvalue weighted by molar-refractivity contribution is -0.106. The number of hydrogen-bond acceptors (Lipinski definition) is 6. The SMILES string of the molecule is CCn1ccc(SN)n1.NC=O.Nc1c2c(nc3c1CCC31CC1)CCC2. The number of rotatable bonds is 2. The minimum Gasteiger partial charge on any atom is -0.398 e. The van der Waals surface area contributed by atoms with Crippen molar-refractivity contribution < 1.29 is 4.79 Å². The van der Waals surface area contributed by atoms with Gasteiger partial charge in [-0.2, -0.15) is 5.10 Å². The van der Waals surface area contributed by atoms with Gasteiger partial charge in [0.2, 0.25) is 6.41 Å². The molecule has 3 aliphatic rings. The van der Waals surface area contributed by atoms with Crippen LogP contribution in [0.5, 0.6) is 0 Å². The van der Waals surface area contributed by atoms with Gasteiger partial charge >= 0.3 is 0 Å². The highest BCUT2D eigenvalue weighted by molar-refractivity contribution is 7.97. The molecular weight excluding hydrogens is 360 g/mol. The van der Waals surface area contributed by atoms with Gasteiger partial charge in [-0.1, -0.05) is 0 Å². The lowest BCUT2D eigenvalue weighted by atomic mass is 10.0. The lowest BCUT2D eigenvalue weighted by Crippen LogP contribution is -2.08. The molecule has 1 saturated carbocycles. The minimum atomic E-state index is 0.250. The molecule has 0 aliphatic heterocycles. The normalized spacial score (nSPS) is 17.3. The lowest BCUT2D eigenvalue weighted by Gasteiger charge is -2.12. The van der Waals surface area contributed by atoms with Gasteiger partial charge in [-0.3, -0.25) is 19.6 Å². The largest absolute Gasteiger partial charge is 0.398 e. The van der Waals surface area contributed by atoms with Gasteiger partial charge in [0, 0.05) is 29.5 Å². The molecule has 0 aromatic carbocycles. The maximum Gasteiger partial charge on any atom is 0.204 e. The number of aryl methyl sites for hydroxylation is 2. The number of hydrogen-bond donors (Lipinski definition) is 3. The van der Waals surface area contributed by atoms with Gasteiger partial charge in [0.1, 0.15) is 5.03 Å². The van der Waals surface area contributed by atoms with Gasteiger partial charge in [-0.05, 0) is 81.0 Å². The maximum absolute atomic E-state index is 8.58. The summed E-state index contributed by atoms with van der Waals surface area (Å²) in [5.74, 6) is 0. The fourth-order valence-electron chi connectivity index (χ4n) is 4.05. The molecule has 6 N–H and O–H groups in total. The maximum atomic E-state index is 8.58. The molecule has 27 heavy (non-hydrogen) atoms. The Morgan fingerprint density at radius 2 is 2.00 bits per heavy atom. The first-order valence-corrected chi connectivity index (χ1v) is 10.3. The molecule has 0 atom stereocenters. The summed E-state index contributed by atoms with van der Waals surface area (Å²) in [4.78, 5) is 13.5. The third kappa shape index (κ3) is 3.96. The van der Waals surface area contributed by atoms with Crippen molar-refractivity contribution in [3.63, 3.8) is 0 Å². The quantitative estimate of drug-likeness (QED) is 0.534. The third-order valence-electron chi connectivity index (χ3n) is 5.64. The number of anilines is 1. The van der Waals surface area contributed by atoms with Crippen LogP contribution in [0.2, 0.25) is 0 Å². The predicted molar refractivity (Wildman–Crippen MR) is 108 cm³/mol. The van der Waals surface area contributed by atoms with Crippen molar-refractivity contribution in [3.05, 3.63) is 34.8 Å². The highest BCUT2D eigenvalue weighted by Crippen LogP contribution is 2.57. The molecule has 1 spiro atoms. The van der Waals surface area contributed by atoms with E-state index in [0.29, 0.717) is 5.41 Å². The Labute approximate surface area is 164 Å². The topological polar surface area (TPSA) is 126 Å². The molecule has 0 saturated heterocycles. The van der Waals surface area contributed by atoms with Crippen molar-refractivity contribution in [3.8, 4) is 0 Å². The second-order valence-corrected chi connectivity index (χ2v) is 7.83. The van der Waals surface area contributed by atoms with Crippen LogP contribution in [0.4, 0.5) is 5.69 Å². The zero-order valence-electron chi connectivity index (χ0n) is 15.8. The summed E-state index contributed by atoms with van der Waals surface area (Å²) >= 11 is 1.17. The zero-order valence-corrected chi connectivity index (χ0v) is 16.6. The van der Waals surface area contributed by atoms with Crippen LogP contribution in [0.15, 0.2) is 17.3 Å². The van der Waals surface area contributed by atoms with E-state index in [9.17, 15) is 0 Å². The number of aromatic nitrogens is 3. The molecule has 0 unspecified atom stereocenters. The Morgan fingerprint density at radius 3 is 2.56 bits per heavy atom. The average molecular weight is 389 g/mol. The van der Waals surface area contributed by atoms with Crippen molar-refractivity contribution in [2.24, 2.45) is 10.9 Å². The summed E-state index contributed by atoms with van der Waals surface area (Å²) in [5.41, 5.74) is 17.6. The predicted octanol–water partition coefficient (Wildman–Crippen LogP) is 2.10.